The molecule has 0 amide bonds. The minimum Gasteiger partial charge on any atom is -0.496 e. The van der Waals surface area contributed by atoms with Crippen LogP contribution in [0.25, 0.3) is 0 Å². The fraction of sp³-hybridized carbons (Fsp3) is 0.632. The van der Waals surface area contributed by atoms with Gasteiger partial charge >= 0.3 is 0 Å². The van der Waals surface area contributed by atoms with Gasteiger partial charge in [-0.2, -0.15) is 0 Å². The first-order valence-electron chi connectivity index (χ1n) is 9.11. The van der Waals surface area contributed by atoms with Crippen LogP contribution in [0.15, 0.2) is 29.3 Å². The Bertz CT molecular complexity index is 481. The van der Waals surface area contributed by atoms with Gasteiger partial charge < -0.3 is 24.8 Å². The average molecular weight is 351 g/mol. The van der Waals surface area contributed by atoms with Crippen molar-refractivity contribution in [3.8, 4) is 5.75 Å². The number of aliphatic imine (C=N–C) groups is 1. The number of benzene rings is 1. The summed E-state index contributed by atoms with van der Waals surface area (Å²) in [6, 6.07) is 7.90. The Kier molecular flexibility index (Phi) is 12.4. The summed E-state index contributed by atoms with van der Waals surface area (Å²) in [6.07, 6.45) is 2.07. The quantitative estimate of drug-likeness (QED) is 0.325. The van der Waals surface area contributed by atoms with Crippen LogP contribution in [0, 0.1) is 0 Å². The first-order valence-corrected chi connectivity index (χ1v) is 9.11. The van der Waals surface area contributed by atoms with Crippen molar-refractivity contribution in [1.82, 2.24) is 10.6 Å². The number of nitrogens with zero attached hydrogens (tertiary/aromatic N) is 1. The third kappa shape index (κ3) is 9.94. The predicted molar refractivity (Wildman–Crippen MR) is 102 cm³/mol. The highest BCUT2D eigenvalue weighted by molar-refractivity contribution is 5.79. The largest absolute Gasteiger partial charge is 0.496 e. The maximum Gasteiger partial charge on any atom is 0.191 e. The van der Waals surface area contributed by atoms with Crippen molar-refractivity contribution in [3.05, 3.63) is 29.8 Å². The van der Waals surface area contributed by atoms with E-state index in [1.807, 2.05) is 31.2 Å². The fourth-order valence-corrected chi connectivity index (χ4v) is 2.24. The summed E-state index contributed by atoms with van der Waals surface area (Å²) in [6.45, 7) is 9.15. The van der Waals surface area contributed by atoms with Crippen molar-refractivity contribution in [3.63, 3.8) is 0 Å². The molecule has 0 aromatic heterocycles. The molecule has 25 heavy (non-hydrogen) atoms. The minimum atomic E-state index is 0.538. The molecule has 0 spiro atoms. The van der Waals surface area contributed by atoms with Crippen LogP contribution in [0.1, 0.15) is 32.3 Å². The smallest absolute Gasteiger partial charge is 0.191 e. The van der Waals surface area contributed by atoms with Crippen LogP contribution in [0.3, 0.4) is 0 Å². The molecule has 0 unspecified atom stereocenters. The summed E-state index contributed by atoms with van der Waals surface area (Å²) >= 11 is 0. The molecule has 0 heterocycles. The summed E-state index contributed by atoms with van der Waals surface area (Å²) in [5.74, 6) is 1.69. The Morgan fingerprint density at radius 3 is 2.64 bits per heavy atom. The number of nitrogens with one attached hydrogen (secondary N) is 2. The van der Waals surface area contributed by atoms with Gasteiger partial charge in [-0.25, -0.2) is 0 Å². The maximum atomic E-state index is 5.72. The molecular weight excluding hydrogens is 318 g/mol. The molecule has 0 aliphatic heterocycles. The Morgan fingerprint density at radius 2 is 1.88 bits per heavy atom. The lowest BCUT2D eigenvalue weighted by Gasteiger charge is -2.12. The van der Waals surface area contributed by atoms with E-state index in [1.54, 1.807) is 7.11 Å². The van der Waals surface area contributed by atoms with E-state index in [4.69, 9.17) is 14.2 Å². The summed E-state index contributed by atoms with van der Waals surface area (Å²) in [5, 5.41) is 6.53. The highest BCUT2D eigenvalue weighted by Crippen LogP contribution is 2.17. The third-order valence-electron chi connectivity index (χ3n) is 3.50. The second-order valence-electron chi connectivity index (χ2n) is 5.46. The van der Waals surface area contributed by atoms with Gasteiger partial charge in [0.15, 0.2) is 5.96 Å². The van der Waals surface area contributed by atoms with E-state index >= 15 is 0 Å². The van der Waals surface area contributed by atoms with Crippen LogP contribution in [-0.4, -0.2) is 52.5 Å². The van der Waals surface area contributed by atoms with Crippen molar-refractivity contribution < 1.29 is 14.2 Å². The van der Waals surface area contributed by atoms with Crippen LogP contribution in [0.5, 0.6) is 5.75 Å². The van der Waals surface area contributed by atoms with E-state index in [-0.39, 0.29) is 0 Å². The molecule has 142 valence electrons. The van der Waals surface area contributed by atoms with Gasteiger partial charge in [-0.1, -0.05) is 18.2 Å². The molecule has 1 aromatic carbocycles. The summed E-state index contributed by atoms with van der Waals surface area (Å²) in [7, 11) is 1.67. The first kappa shape index (κ1) is 21.3. The zero-order chi connectivity index (χ0) is 18.2. The summed E-state index contributed by atoms with van der Waals surface area (Å²) in [4.78, 5) is 4.56. The average Bonchev–Trinajstić information content (AvgIpc) is 2.64. The molecule has 0 atom stereocenters. The number of hydrogen-bond donors (Lipinski definition) is 2. The second-order valence-corrected chi connectivity index (χ2v) is 5.46. The Balaban J connectivity index is 2.21. The molecule has 6 heteroatoms. The number of ether oxygens (including phenoxy) is 3. The van der Waals surface area contributed by atoms with Gasteiger partial charge in [-0.15, -0.1) is 0 Å². The van der Waals surface area contributed by atoms with Gasteiger partial charge in [0.05, 0.1) is 20.3 Å². The number of guanidine groups is 1. The highest BCUT2D eigenvalue weighted by Gasteiger charge is 2.01. The van der Waals surface area contributed by atoms with Crippen molar-refractivity contribution in [1.29, 1.82) is 0 Å². The van der Waals surface area contributed by atoms with Gasteiger partial charge in [0.2, 0.25) is 0 Å². The van der Waals surface area contributed by atoms with E-state index in [1.165, 1.54) is 0 Å². The summed E-state index contributed by atoms with van der Waals surface area (Å²) in [5.41, 5.74) is 1.06. The van der Waals surface area contributed by atoms with Crippen molar-refractivity contribution >= 4 is 5.96 Å². The van der Waals surface area contributed by atoms with Gasteiger partial charge in [-0.05, 0) is 32.8 Å². The van der Waals surface area contributed by atoms with E-state index < -0.39 is 0 Å². The molecule has 6 nitrogen and oxygen atoms in total. The molecule has 0 fully saturated rings. The molecule has 0 bridgehead atoms. The van der Waals surface area contributed by atoms with Gasteiger partial charge in [0.1, 0.15) is 5.75 Å². The second kappa shape index (κ2) is 14.5. The van der Waals surface area contributed by atoms with Crippen LogP contribution < -0.4 is 15.4 Å². The van der Waals surface area contributed by atoms with E-state index in [0.29, 0.717) is 19.8 Å². The Labute approximate surface area is 152 Å². The minimum absolute atomic E-state index is 0.538. The van der Waals surface area contributed by atoms with Crippen LogP contribution in [0.2, 0.25) is 0 Å². The lowest BCUT2D eigenvalue weighted by atomic mass is 10.2. The molecule has 0 radical (unpaired) electrons. The lowest BCUT2D eigenvalue weighted by molar-refractivity contribution is 0.123. The Morgan fingerprint density at radius 1 is 1.04 bits per heavy atom. The predicted octanol–water partition coefficient (Wildman–Crippen LogP) is 2.58. The maximum absolute atomic E-state index is 5.72. The standard InChI is InChI=1S/C19H33N3O3/c1-4-20-19(21-12-8-9-14-24-5-2)22-13-15-25-16-17-10-6-7-11-18(17)23-3/h6-7,10-11H,4-5,8-9,12-16H2,1-3H3,(H2,20,21,22). The number of methoxy groups -OCH3 is 1. The number of unbranched alkanes of at least 4 members (excludes halogenated alkanes) is 1. The highest BCUT2D eigenvalue weighted by atomic mass is 16.5. The van der Waals surface area contributed by atoms with Gasteiger partial charge in [-0.3, -0.25) is 4.99 Å². The first-order chi connectivity index (χ1) is 12.3. The Hall–Kier alpha value is -1.79. The van der Waals surface area contributed by atoms with Crippen LogP contribution in [-0.2, 0) is 16.1 Å². The monoisotopic (exact) mass is 351 g/mol. The third-order valence-corrected chi connectivity index (χ3v) is 3.50. The van der Waals surface area contributed by atoms with E-state index in [0.717, 1.165) is 56.4 Å². The SMILES string of the molecule is CCNC(=NCCCCOCC)NCCOCc1ccccc1OC. The van der Waals surface area contributed by atoms with Crippen molar-refractivity contribution in [2.45, 2.75) is 33.3 Å². The molecule has 2 N–H and O–H groups in total. The molecular formula is C19H33N3O3. The number of hydrogen-bond acceptors (Lipinski definition) is 4. The molecule has 0 saturated carbocycles. The summed E-state index contributed by atoms with van der Waals surface area (Å²) < 4.78 is 16.4. The molecule has 0 aliphatic rings. The molecule has 0 saturated heterocycles. The molecule has 1 rings (SSSR count). The van der Waals surface area contributed by atoms with Crippen LogP contribution >= 0.6 is 0 Å². The normalized spacial score (nSPS) is 11.4. The zero-order valence-electron chi connectivity index (χ0n) is 15.8. The molecule has 1 aromatic rings. The fourth-order valence-electron chi connectivity index (χ4n) is 2.24. The van der Waals surface area contributed by atoms with Crippen LogP contribution in [0.4, 0.5) is 0 Å². The topological polar surface area (TPSA) is 64.1 Å². The lowest BCUT2D eigenvalue weighted by Crippen LogP contribution is -2.39. The van der Waals surface area contributed by atoms with Gasteiger partial charge in [0, 0.05) is 38.4 Å². The molecule has 0 aliphatic carbocycles. The van der Waals surface area contributed by atoms with Gasteiger partial charge in [0.25, 0.3) is 0 Å². The number of rotatable bonds is 13. The van der Waals surface area contributed by atoms with E-state index in [2.05, 4.69) is 22.5 Å². The van der Waals surface area contributed by atoms with E-state index in [9.17, 15) is 0 Å². The van der Waals surface area contributed by atoms with Crippen molar-refractivity contribution in [2.24, 2.45) is 4.99 Å². The zero-order valence-corrected chi connectivity index (χ0v) is 15.8. The number of para-hydroxylation sites is 1. The van der Waals surface area contributed by atoms with Crippen molar-refractivity contribution in [2.75, 3.05) is 46.6 Å².